The highest BCUT2D eigenvalue weighted by Crippen LogP contribution is 2.37. The number of rotatable bonds is 4. The number of phenols is 1. The molecule has 20 heavy (non-hydrogen) atoms. The summed E-state index contributed by atoms with van der Waals surface area (Å²) in [4.78, 5) is 16.4. The molecule has 4 nitrogen and oxygen atoms in total. The van der Waals surface area contributed by atoms with Crippen molar-refractivity contribution >= 4 is 17.5 Å². The fourth-order valence-corrected chi connectivity index (χ4v) is 2.93. The summed E-state index contributed by atoms with van der Waals surface area (Å²) in [6, 6.07) is 4.44. The van der Waals surface area contributed by atoms with Gasteiger partial charge in [-0.05, 0) is 51.6 Å². The van der Waals surface area contributed by atoms with Crippen LogP contribution in [-0.2, 0) is 0 Å². The Morgan fingerprint density at radius 2 is 2.00 bits per heavy atom. The number of likely N-dealkylation sites (N-methyl/N-ethyl adjacent to an activating group) is 2. The number of amides is 1. The van der Waals surface area contributed by atoms with Crippen LogP contribution in [0.5, 0.6) is 5.75 Å². The highest BCUT2D eigenvalue weighted by molar-refractivity contribution is 6.33. The Kier molecular flexibility index (Phi) is 4.25. The lowest BCUT2D eigenvalue weighted by atomic mass is 9.75. The maximum absolute atomic E-state index is 12.5. The molecule has 0 saturated heterocycles. The average Bonchev–Trinajstić information content (AvgIpc) is 2.35. The van der Waals surface area contributed by atoms with Crippen molar-refractivity contribution in [2.24, 2.45) is 0 Å². The highest BCUT2D eigenvalue weighted by Gasteiger charge is 2.40. The maximum atomic E-state index is 12.5. The van der Waals surface area contributed by atoms with Crippen LogP contribution >= 0.6 is 11.6 Å². The number of aromatic hydroxyl groups is 1. The summed E-state index contributed by atoms with van der Waals surface area (Å²) in [6.07, 6.45) is 3.41. The topological polar surface area (TPSA) is 43.8 Å². The molecule has 0 aromatic heterocycles. The molecular weight excluding hydrogens is 276 g/mol. The van der Waals surface area contributed by atoms with E-state index in [-0.39, 0.29) is 17.2 Å². The second kappa shape index (κ2) is 5.62. The third-order valence-electron chi connectivity index (χ3n) is 4.29. The first-order chi connectivity index (χ1) is 9.35. The van der Waals surface area contributed by atoms with Crippen LogP contribution in [0, 0.1) is 0 Å². The van der Waals surface area contributed by atoms with E-state index < -0.39 is 0 Å². The normalized spacial score (nSPS) is 16.9. The van der Waals surface area contributed by atoms with Crippen LogP contribution in [0.2, 0.25) is 5.02 Å². The van der Waals surface area contributed by atoms with E-state index in [9.17, 15) is 9.90 Å². The van der Waals surface area contributed by atoms with Gasteiger partial charge in [0, 0.05) is 19.1 Å². The molecule has 0 atom stereocenters. The fraction of sp³-hybridized carbons (Fsp3) is 0.533. The summed E-state index contributed by atoms with van der Waals surface area (Å²) in [7, 11) is 5.89. The van der Waals surface area contributed by atoms with E-state index in [0.29, 0.717) is 17.1 Å². The van der Waals surface area contributed by atoms with Crippen LogP contribution in [0.25, 0.3) is 0 Å². The summed E-state index contributed by atoms with van der Waals surface area (Å²) in [5.74, 6) is -0.101. The Balaban J connectivity index is 2.14. The first kappa shape index (κ1) is 15.1. The molecule has 1 aliphatic carbocycles. The van der Waals surface area contributed by atoms with E-state index in [1.165, 1.54) is 18.6 Å². The van der Waals surface area contributed by atoms with Crippen LogP contribution < -0.4 is 0 Å². The van der Waals surface area contributed by atoms with Gasteiger partial charge in [0.2, 0.25) is 0 Å². The minimum Gasteiger partial charge on any atom is -0.508 e. The molecule has 2 rings (SSSR count). The molecule has 1 amide bonds. The molecule has 0 radical (unpaired) electrons. The van der Waals surface area contributed by atoms with Crippen LogP contribution in [-0.4, -0.2) is 54.0 Å². The zero-order valence-corrected chi connectivity index (χ0v) is 12.9. The van der Waals surface area contributed by atoms with Gasteiger partial charge in [-0.25, -0.2) is 0 Å². The molecule has 1 N–H and O–H groups in total. The van der Waals surface area contributed by atoms with Gasteiger partial charge < -0.3 is 14.9 Å². The predicted octanol–water partition coefficient (Wildman–Crippen LogP) is 2.60. The summed E-state index contributed by atoms with van der Waals surface area (Å²) >= 11 is 6.05. The molecule has 1 saturated carbocycles. The van der Waals surface area contributed by atoms with Crippen LogP contribution in [0.4, 0.5) is 0 Å². The third-order valence-corrected chi connectivity index (χ3v) is 4.62. The number of carbonyl (C=O) groups is 1. The third kappa shape index (κ3) is 2.76. The van der Waals surface area contributed by atoms with Gasteiger partial charge in [0.25, 0.3) is 5.91 Å². The number of phenolic OH excluding ortho intramolecular Hbond substituents is 1. The van der Waals surface area contributed by atoms with E-state index in [1.807, 2.05) is 0 Å². The molecule has 0 unspecified atom stereocenters. The smallest absolute Gasteiger partial charge is 0.255 e. The molecule has 5 heteroatoms. The lowest BCUT2D eigenvalue weighted by Crippen LogP contribution is -2.57. The van der Waals surface area contributed by atoms with Gasteiger partial charge in [0.05, 0.1) is 10.6 Å². The van der Waals surface area contributed by atoms with Crippen LogP contribution in [0.3, 0.4) is 0 Å². The Bertz CT molecular complexity index is 513. The maximum Gasteiger partial charge on any atom is 0.255 e. The second-order valence-electron chi connectivity index (χ2n) is 5.80. The van der Waals surface area contributed by atoms with Gasteiger partial charge in [0.15, 0.2) is 0 Å². The largest absolute Gasteiger partial charge is 0.508 e. The molecule has 0 aliphatic heterocycles. The van der Waals surface area contributed by atoms with E-state index in [4.69, 9.17) is 11.6 Å². The molecule has 0 heterocycles. The lowest BCUT2D eigenvalue weighted by molar-refractivity contribution is 0.0252. The molecular formula is C15H21ClN2O2. The fourth-order valence-electron chi connectivity index (χ4n) is 2.73. The molecule has 1 aromatic carbocycles. The minimum absolute atomic E-state index is 0.0529. The number of halogens is 1. The van der Waals surface area contributed by atoms with Crippen molar-refractivity contribution in [2.75, 3.05) is 27.7 Å². The van der Waals surface area contributed by atoms with E-state index in [0.717, 1.165) is 12.8 Å². The lowest BCUT2D eigenvalue weighted by Gasteiger charge is -2.49. The summed E-state index contributed by atoms with van der Waals surface area (Å²) in [6.45, 7) is 0.671. The van der Waals surface area contributed by atoms with Gasteiger partial charge in [-0.15, -0.1) is 0 Å². The minimum atomic E-state index is -0.154. The SMILES string of the molecule is CN(CC1(N(C)C)CCC1)C(=O)c1cc(O)ccc1Cl. The van der Waals surface area contributed by atoms with Gasteiger partial charge in [-0.3, -0.25) is 4.79 Å². The van der Waals surface area contributed by atoms with E-state index >= 15 is 0 Å². The van der Waals surface area contributed by atoms with Crippen molar-refractivity contribution in [2.45, 2.75) is 24.8 Å². The Morgan fingerprint density at radius 3 is 2.50 bits per heavy atom. The second-order valence-corrected chi connectivity index (χ2v) is 6.20. The van der Waals surface area contributed by atoms with Gasteiger partial charge >= 0.3 is 0 Å². The van der Waals surface area contributed by atoms with Crippen molar-refractivity contribution in [1.29, 1.82) is 0 Å². The monoisotopic (exact) mass is 296 g/mol. The van der Waals surface area contributed by atoms with Crippen molar-refractivity contribution in [3.05, 3.63) is 28.8 Å². The van der Waals surface area contributed by atoms with Crippen molar-refractivity contribution in [3.8, 4) is 5.75 Å². The Labute approximate surface area is 124 Å². The zero-order valence-electron chi connectivity index (χ0n) is 12.2. The highest BCUT2D eigenvalue weighted by atomic mass is 35.5. The van der Waals surface area contributed by atoms with Gasteiger partial charge in [-0.1, -0.05) is 11.6 Å². The quantitative estimate of drug-likeness (QED) is 0.929. The molecule has 0 bridgehead atoms. The standard InChI is InChI=1S/C15H21ClN2O2/c1-17(2)15(7-4-8-15)10-18(3)14(20)12-9-11(19)5-6-13(12)16/h5-6,9,19H,4,7-8,10H2,1-3H3. The molecule has 0 spiro atoms. The van der Waals surface area contributed by atoms with Gasteiger partial charge in [-0.2, -0.15) is 0 Å². The molecule has 1 fully saturated rings. The summed E-state index contributed by atoms with van der Waals surface area (Å²) in [5.41, 5.74) is 0.427. The molecule has 1 aromatic rings. The summed E-state index contributed by atoms with van der Waals surface area (Å²) in [5, 5.41) is 9.88. The number of benzene rings is 1. The van der Waals surface area contributed by atoms with Crippen molar-refractivity contribution in [1.82, 2.24) is 9.80 Å². The first-order valence-corrected chi connectivity index (χ1v) is 7.15. The molecule has 1 aliphatic rings. The summed E-state index contributed by atoms with van der Waals surface area (Å²) < 4.78 is 0. The predicted molar refractivity (Wildman–Crippen MR) is 80.3 cm³/mol. The zero-order chi connectivity index (χ0) is 14.9. The average molecular weight is 297 g/mol. The van der Waals surface area contributed by atoms with Gasteiger partial charge in [0.1, 0.15) is 5.75 Å². The number of carbonyl (C=O) groups excluding carboxylic acids is 1. The van der Waals surface area contributed by atoms with Crippen molar-refractivity contribution in [3.63, 3.8) is 0 Å². The number of hydrogen-bond donors (Lipinski definition) is 1. The van der Waals surface area contributed by atoms with Crippen LogP contribution in [0.15, 0.2) is 18.2 Å². The Hall–Kier alpha value is -1.26. The Morgan fingerprint density at radius 1 is 1.35 bits per heavy atom. The number of hydrogen-bond acceptors (Lipinski definition) is 3. The molecule has 110 valence electrons. The van der Waals surface area contributed by atoms with E-state index in [1.54, 1.807) is 18.0 Å². The van der Waals surface area contributed by atoms with Crippen molar-refractivity contribution < 1.29 is 9.90 Å². The first-order valence-electron chi connectivity index (χ1n) is 6.77. The number of nitrogens with zero attached hydrogens (tertiary/aromatic N) is 2. The van der Waals surface area contributed by atoms with Crippen LogP contribution in [0.1, 0.15) is 29.6 Å². The van der Waals surface area contributed by atoms with E-state index in [2.05, 4.69) is 19.0 Å².